The minimum atomic E-state index is 0.145. The fourth-order valence-corrected chi connectivity index (χ4v) is 2.43. The first-order valence-corrected chi connectivity index (χ1v) is 7.93. The van der Waals surface area contributed by atoms with Gasteiger partial charge in [-0.1, -0.05) is 41.6 Å². The molecule has 1 heterocycles. The van der Waals surface area contributed by atoms with Crippen LogP contribution in [0.25, 0.3) is 0 Å². The predicted octanol–water partition coefficient (Wildman–Crippen LogP) is 3.08. The fourth-order valence-electron chi connectivity index (χ4n) is 2.43. The van der Waals surface area contributed by atoms with Gasteiger partial charge in [-0.3, -0.25) is 0 Å². The van der Waals surface area contributed by atoms with Crippen LogP contribution < -0.4 is 4.74 Å². The lowest BCUT2D eigenvalue weighted by Gasteiger charge is -2.04. The molecule has 0 aliphatic rings. The van der Waals surface area contributed by atoms with Gasteiger partial charge in [0.2, 0.25) is 0 Å². The van der Waals surface area contributed by atoms with Crippen molar-refractivity contribution in [2.24, 2.45) is 0 Å². The summed E-state index contributed by atoms with van der Waals surface area (Å²) in [7, 11) is 0. The molecule has 0 saturated carbocycles. The van der Waals surface area contributed by atoms with Crippen LogP contribution in [0.2, 0.25) is 0 Å². The Kier molecular flexibility index (Phi) is 5.23. The number of benzene rings is 2. The molecule has 24 heavy (non-hydrogen) atoms. The number of rotatable bonds is 7. The second kappa shape index (κ2) is 7.75. The van der Waals surface area contributed by atoms with Gasteiger partial charge in [0.1, 0.15) is 5.75 Å². The van der Waals surface area contributed by atoms with Crippen molar-refractivity contribution >= 4 is 0 Å². The van der Waals surface area contributed by atoms with Crippen molar-refractivity contribution in [3.63, 3.8) is 0 Å². The lowest BCUT2D eigenvalue weighted by atomic mass is 10.1. The Morgan fingerprint density at radius 2 is 1.88 bits per heavy atom. The summed E-state index contributed by atoms with van der Waals surface area (Å²) >= 11 is 0. The third-order valence-electron chi connectivity index (χ3n) is 3.81. The van der Waals surface area contributed by atoms with Crippen LogP contribution >= 0.6 is 0 Å². The van der Waals surface area contributed by atoms with E-state index in [-0.39, 0.29) is 13.2 Å². The predicted molar refractivity (Wildman–Crippen MR) is 89.8 cm³/mol. The largest absolute Gasteiger partial charge is 0.484 e. The highest BCUT2D eigenvalue weighted by Crippen LogP contribution is 2.15. The molecule has 0 amide bonds. The average Bonchev–Trinajstić information content (AvgIpc) is 3.04. The van der Waals surface area contributed by atoms with E-state index in [1.54, 1.807) is 0 Å². The van der Waals surface area contributed by atoms with Crippen LogP contribution in [0.4, 0.5) is 0 Å². The first-order chi connectivity index (χ1) is 11.7. The molecule has 0 aliphatic heterocycles. The molecule has 0 spiro atoms. The second-order valence-electron chi connectivity index (χ2n) is 5.61. The molecule has 2 aromatic carbocycles. The zero-order valence-electron chi connectivity index (χ0n) is 13.6. The smallest absolute Gasteiger partial charge is 0.264 e. The Morgan fingerprint density at radius 3 is 2.62 bits per heavy atom. The minimum absolute atomic E-state index is 0.145. The number of aromatic nitrogens is 2. The minimum Gasteiger partial charge on any atom is -0.484 e. The van der Waals surface area contributed by atoms with E-state index < -0.39 is 0 Å². The molecule has 0 aliphatic carbocycles. The maximum absolute atomic E-state index is 8.91. The first-order valence-electron chi connectivity index (χ1n) is 7.93. The molecule has 0 unspecified atom stereocenters. The number of ether oxygens (including phenoxy) is 1. The van der Waals surface area contributed by atoms with E-state index in [1.165, 1.54) is 11.1 Å². The van der Waals surface area contributed by atoms with Crippen LogP contribution in [-0.4, -0.2) is 21.9 Å². The standard InChI is InChI=1S/C19H20N2O3/c1-14-4-2-3-5-16(14)12-18-20-19(24-21-18)13-23-17-8-6-15(7-9-17)10-11-22/h2-9,22H,10-13H2,1H3. The molecule has 0 fully saturated rings. The van der Waals surface area contributed by atoms with Crippen molar-refractivity contribution in [1.82, 2.24) is 10.1 Å². The maximum Gasteiger partial charge on any atom is 0.264 e. The second-order valence-corrected chi connectivity index (χ2v) is 5.61. The molecular formula is C19H20N2O3. The van der Waals surface area contributed by atoms with E-state index in [4.69, 9.17) is 14.4 Å². The van der Waals surface area contributed by atoms with Crippen molar-refractivity contribution in [3.05, 3.63) is 76.9 Å². The zero-order chi connectivity index (χ0) is 16.8. The Morgan fingerprint density at radius 1 is 1.08 bits per heavy atom. The Hall–Kier alpha value is -2.66. The van der Waals surface area contributed by atoms with Crippen LogP contribution in [0.15, 0.2) is 53.1 Å². The summed E-state index contributed by atoms with van der Waals surface area (Å²) < 4.78 is 10.9. The summed E-state index contributed by atoms with van der Waals surface area (Å²) in [5.41, 5.74) is 3.47. The number of nitrogens with zero attached hydrogens (tertiary/aromatic N) is 2. The van der Waals surface area contributed by atoms with Gasteiger partial charge in [-0.2, -0.15) is 4.98 Å². The molecule has 0 saturated heterocycles. The number of hydrogen-bond donors (Lipinski definition) is 1. The van der Waals surface area contributed by atoms with E-state index >= 15 is 0 Å². The van der Waals surface area contributed by atoms with Gasteiger partial charge in [-0.15, -0.1) is 0 Å². The summed E-state index contributed by atoms with van der Waals surface area (Å²) in [5.74, 6) is 1.84. The zero-order valence-corrected chi connectivity index (χ0v) is 13.6. The van der Waals surface area contributed by atoms with Crippen molar-refractivity contribution in [1.29, 1.82) is 0 Å². The van der Waals surface area contributed by atoms with E-state index in [0.29, 0.717) is 24.6 Å². The Labute approximate surface area is 140 Å². The quantitative estimate of drug-likeness (QED) is 0.723. The van der Waals surface area contributed by atoms with Crippen LogP contribution in [0, 0.1) is 6.92 Å². The van der Waals surface area contributed by atoms with Crippen LogP contribution in [0.5, 0.6) is 5.75 Å². The molecule has 0 bridgehead atoms. The number of aryl methyl sites for hydroxylation is 1. The van der Waals surface area contributed by atoms with Crippen LogP contribution in [0.3, 0.4) is 0 Å². The van der Waals surface area contributed by atoms with Crippen LogP contribution in [-0.2, 0) is 19.4 Å². The van der Waals surface area contributed by atoms with Crippen molar-refractivity contribution < 1.29 is 14.4 Å². The summed E-state index contributed by atoms with van der Waals surface area (Å²) in [6, 6.07) is 15.8. The van der Waals surface area contributed by atoms with Gasteiger partial charge in [-0.25, -0.2) is 0 Å². The molecule has 1 aromatic heterocycles. The highest BCUT2D eigenvalue weighted by atomic mass is 16.5. The molecule has 1 N–H and O–H groups in total. The van der Waals surface area contributed by atoms with Gasteiger partial charge in [-0.05, 0) is 42.2 Å². The third kappa shape index (κ3) is 4.20. The van der Waals surface area contributed by atoms with Gasteiger partial charge in [0.05, 0.1) is 0 Å². The lowest BCUT2D eigenvalue weighted by molar-refractivity contribution is 0.242. The lowest BCUT2D eigenvalue weighted by Crippen LogP contribution is -1.98. The molecule has 5 nitrogen and oxygen atoms in total. The van der Waals surface area contributed by atoms with Gasteiger partial charge >= 0.3 is 0 Å². The number of aliphatic hydroxyl groups excluding tert-OH is 1. The van der Waals surface area contributed by atoms with E-state index in [2.05, 4.69) is 29.2 Å². The SMILES string of the molecule is Cc1ccccc1Cc1noc(COc2ccc(CCO)cc2)n1. The third-order valence-corrected chi connectivity index (χ3v) is 3.81. The Bertz CT molecular complexity index is 781. The number of aliphatic hydroxyl groups is 1. The highest BCUT2D eigenvalue weighted by molar-refractivity contribution is 5.28. The summed E-state index contributed by atoms with van der Waals surface area (Å²) in [4.78, 5) is 4.37. The summed E-state index contributed by atoms with van der Waals surface area (Å²) in [6.45, 7) is 2.45. The molecular weight excluding hydrogens is 304 g/mol. The molecule has 0 radical (unpaired) electrons. The van der Waals surface area contributed by atoms with E-state index in [9.17, 15) is 0 Å². The van der Waals surface area contributed by atoms with Gasteiger partial charge in [0, 0.05) is 13.0 Å². The van der Waals surface area contributed by atoms with Crippen LogP contribution in [0.1, 0.15) is 28.4 Å². The fraction of sp³-hybridized carbons (Fsp3) is 0.263. The molecule has 5 heteroatoms. The Balaban J connectivity index is 1.57. The molecule has 124 valence electrons. The summed E-state index contributed by atoms with van der Waals surface area (Å²) in [6.07, 6.45) is 1.29. The van der Waals surface area contributed by atoms with Gasteiger partial charge < -0.3 is 14.4 Å². The van der Waals surface area contributed by atoms with Gasteiger partial charge in [0.25, 0.3) is 5.89 Å². The first kappa shape index (κ1) is 16.2. The van der Waals surface area contributed by atoms with E-state index in [1.807, 2.05) is 36.4 Å². The average molecular weight is 324 g/mol. The van der Waals surface area contributed by atoms with Crippen molar-refractivity contribution in [2.45, 2.75) is 26.4 Å². The highest BCUT2D eigenvalue weighted by Gasteiger charge is 2.09. The number of hydrogen-bond acceptors (Lipinski definition) is 5. The molecule has 3 rings (SSSR count). The molecule has 0 atom stereocenters. The molecule has 3 aromatic rings. The van der Waals surface area contributed by atoms with Crippen molar-refractivity contribution in [2.75, 3.05) is 6.61 Å². The monoisotopic (exact) mass is 324 g/mol. The van der Waals surface area contributed by atoms with E-state index in [0.717, 1.165) is 11.3 Å². The maximum atomic E-state index is 8.91. The normalized spacial score (nSPS) is 10.8. The van der Waals surface area contributed by atoms with Gasteiger partial charge in [0.15, 0.2) is 12.4 Å². The topological polar surface area (TPSA) is 68.4 Å². The van der Waals surface area contributed by atoms with Crippen molar-refractivity contribution in [3.8, 4) is 5.75 Å². The summed E-state index contributed by atoms with van der Waals surface area (Å²) in [5, 5.41) is 12.9.